The second kappa shape index (κ2) is 8.30. The SMILES string of the molecule is Cc1nn(CC(=O)Nc2cc(C(F)(F)F)ccc2N2CCOCC2)c(C)c1[N+](=O)[O-]. The third-order valence-electron chi connectivity index (χ3n) is 4.77. The molecule has 3 rings (SSSR count). The Morgan fingerprint density at radius 1 is 1.30 bits per heavy atom. The van der Waals surface area contributed by atoms with Crippen LogP contribution >= 0.6 is 0 Å². The number of amides is 1. The molecular formula is C18H20F3N5O4. The number of rotatable bonds is 5. The number of hydrogen-bond donors (Lipinski definition) is 1. The van der Waals surface area contributed by atoms with Crippen LogP contribution in [0.2, 0.25) is 0 Å². The highest BCUT2D eigenvalue weighted by Crippen LogP contribution is 2.36. The average molecular weight is 427 g/mol. The largest absolute Gasteiger partial charge is 0.416 e. The molecule has 1 amide bonds. The van der Waals surface area contributed by atoms with Crippen LogP contribution in [-0.4, -0.2) is 46.9 Å². The van der Waals surface area contributed by atoms with Crippen molar-refractivity contribution in [2.45, 2.75) is 26.6 Å². The van der Waals surface area contributed by atoms with Crippen molar-refractivity contribution in [3.05, 3.63) is 45.3 Å². The van der Waals surface area contributed by atoms with Gasteiger partial charge in [0, 0.05) is 13.1 Å². The normalized spacial score (nSPS) is 14.6. The van der Waals surface area contributed by atoms with Crippen LogP contribution in [0, 0.1) is 24.0 Å². The van der Waals surface area contributed by atoms with E-state index in [1.807, 2.05) is 4.90 Å². The molecule has 0 spiro atoms. The van der Waals surface area contributed by atoms with Crippen molar-refractivity contribution in [1.29, 1.82) is 0 Å². The quantitative estimate of drug-likeness (QED) is 0.582. The van der Waals surface area contributed by atoms with E-state index >= 15 is 0 Å². The van der Waals surface area contributed by atoms with Crippen molar-refractivity contribution < 1.29 is 27.6 Å². The maximum absolute atomic E-state index is 13.2. The van der Waals surface area contributed by atoms with Gasteiger partial charge in [-0.1, -0.05) is 0 Å². The van der Waals surface area contributed by atoms with Crippen LogP contribution in [0.25, 0.3) is 0 Å². The van der Waals surface area contributed by atoms with Gasteiger partial charge in [-0.05, 0) is 32.0 Å². The van der Waals surface area contributed by atoms with Crippen LogP contribution in [0.5, 0.6) is 0 Å². The summed E-state index contributed by atoms with van der Waals surface area (Å²) in [4.78, 5) is 24.9. The van der Waals surface area contributed by atoms with E-state index in [0.717, 1.165) is 16.8 Å². The highest BCUT2D eigenvalue weighted by atomic mass is 19.4. The summed E-state index contributed by atoms with van der Waals surface area (Å²) in [7, 11) is 0. The van der Waals surface area contributed by atoms with E-state index in [2.05, 4.69) is 10.4 Å². The number of ether oxygens (including phenoxy) is 1. The fraction of sp³-hybridized carbons (Fsp3) is 0.444. The number of morpholine rings is 1. The minimum absolute atomic E-state index is 0.00718. The minimum Gasteiger partial charge on any atom is -0.378 e. The van der Waals surface area contributed by atoms with Crippen LogP contribution in [0.15, 0.2) is 18.2 Å². The summed E-state index contributed by atoms with van der Waals surface area (Å²) >= 11 is 0. The van der Waals surface area contributed by atoms with Crippen molar-refractivity contribution >= 4 is 23.0 Å². The Morgan fingerprint density at radius 2 is 1.97 bits per heavy atom. The third-order valence-corrected chi connectivity index (χ3v) is 4.77. The Balaban J connectivity index is 1.87. The van der Waals surface area contributed by atoms with Crippen molar-refractivity contribution in [3.63, 3.8) is 0 Å². The lowest BCUT2D eigenvalue weighted by molar-refractivity contribution is -0.386. The molecule has 0 aliphatic carbocycles. The predicted octanol–water partition coefficient (Wildman–Crippen LogP) is 2.90. The monoisotopic (exact) mass is 427 g/mol. The molecule has 0 bridgehead atoms. The summed E-state index contributed by atoms with van der Waals surface area (Å²) in [6, 6.07) is 3.16. The van der Waals surface area contributed by atoms with Crippen LogP contribution in [0.4, 0.5) is 30.2 Å². The molecule has 1 saturated heterocycles. The van der Waals surface area contributed by atoms with E-state index in [-0.39, 0.29) is 29.3 Å². The van der Waals surface area contributed by atoms with E-state index in [9.17, 15) is 28.1 Å². The van der Waals surface area contributed by atoms with Gasteiger partial charge in [0.05, 0.1) is 35.1 Å². The van der Waals surface area contributed by atoms with Gasteiger partial charge in [-0.15, -0.1) is 0 Å². The molecule has 0 radical (unpaired) electrons. The van der Waals surface area contributed by atoms with E-state index in [0.29, 0.717) is 32.0 Å². The standard InChI is InChI=1S/C18H20F3N5O4/c1-11-17(26(28)29)12(2)25(23-11)10-16(27)22-14-9-13(18(19,20)21)3-4-15(14)24-5-7-30-8-6-24/h3-4,9H,5-8,10H2,1-2H3,(H,22,27). The predicted molar refractivity (Wildman–Crippen MR) is 101 cm³/mol. The number of anilines is 2. The molecule has 30 heavy (non-hydrogen) atoms. The molecule has 1 aromatic carbocycles. The number of aryl methyl sites for hydroxylation is 1. The summed E-state index contributed by atoms with van der Waals surface area (Å²) in [6.07, 6.45) is -4.57. The molecule has 2 heterocycles. The topological polar surface area (TPSA) is 103 Å². The van der Waals surface area contributed by atoms with E-state index < -0.39 is 22.6 Å². The van der Waals surface area contributed by atoms with Gasteiger partial charge in [-0.3, -0.25) is 19.6 Å². The van der Waals surface area contributed by atoms with Gasteiger partial charge in [-0.25, -0.2) is 0 Å². The van der Waals surface area contributed by atoms with Gasteiger partial charge in [-0.2, -0.15) is 18.3 Å². The highest BCUT2D eigenvalue weighted by molar-refractivity contribution is 5.94. The lowest BCUT2D eigenvalue weighted by atomic mass is 10.1. The zero-order valence-electron chi connectivity index (χ0n) is 16.3. The first-order chi connectivity index (χ1) is 14.1. The van der Waals surface area contributed by atoms with Crippen LogP contribution in [-0.2, 0) is 22.3 Å². The molecule has 0 saturated carbocycles. The number of alkyl halides is 3. The molecular weight excluding hydrogens is 407 g/mol. The molecule has 1 fully saturated rings. The number of nitro groups is 1. The van der Waals surface area contributed by atoms with Gasteiger partial charge < -0.3 is 15.0 Å². The zero-order chi connectivity index (χ0) is 22.1. The van der Waals surface area contributed by atoms with Crippen LogP contribution < -0.4 is 10.2 Å². The molecule has 0 atom stereocenters. The maximum atomic E-state index is 13.2. The number of benzene rings is 1. The van der Waals surface area contributed by atoms with E-state index in [1.165, 1.54) is 19.9 Å². The molecule has 162 valence electrons. The number of halogens is 3. The van der Waals surface area contributed by atoms with Crippen molar-refractivity contribution in [1.82, 2.24) is 9.78 Å². The van der Waals surface area contributed by atoms with E-state index in [1.54, 1.807) is 0 Å². The van der Waals surface area contributed by atoms with Gasteiger partial charge in [0.15, 0.2) is 0 Å². The van der Waals surface area contributed by atoms with Crippen molar-refractivity contribution in [3.8, 4) is 0 Å². The Hall–Kier alpha value is -3.15. The van der Waals surface area contributed by atoms with Crippen molar-refractivity contribution in [2.24, 2.45) is 0 Å². The van der Waals surface area contributed by atoms with Crippen LogP contribution in [0.1, 0.15) is 17.0 Å². The van der Waals surface area contributed by atoms with Crippen molar-refractivity contribution in [2.75, 3.05) is 36.5 Å². The highest BCUT2D eigenvalue weighted by Gasteiger charge is 2.32. The number of carbonyl (C=O) groups excluding carboxylic acids is 1. The lowest BCUT2D eigenvalue weighted by Gasteiger charge is -2.31. The second-order valence-electron chi connectivity index (χ2n) is 6.81. The molecule has 0 unspecified atom stereocenters. The fourth-order valence-electron chi connectivity index (χ4n) is 3.32. The number of nitrogens with one attached hydrogen (secondary N) is 1. The first-order valence-corrected chi connectivity index (χ1v) is 9.10. The summed E-state index contributed by atoms with van der Waals surface area (Å²) in [5, 5.41) is 17.6. The van der Waals surface area contributed by atoms with Gasteiger partial charge in [0.1, 0.15) is 17.9 Å². The smallest absolute Gasteiger partial charge is 0.378 e. The van der Waals surface area contributed by atoms with E-state index in [4.69, 9.17) is 4.74 Å². The first kappa shape index (κ1) is 21.6. The lowest BCUT2D eigenvalue weighted by Crippen LogP contribution is -2.37. The summed E-state index contributed by atoms with van der Waals surface area (Å²) in [5.41, 5.74) is -0.303. The van der Waals surface area contributed by atoms with Gasteiger partial charge in [0.25, 0.3) is 0 Å². The Kier molecular flexibility index (Phi) is 5.97. The zero-order valence-corrected chi connectivity index (χ0v) is 16.3. The third kappa shape index (κ3) is 4.53. The number of hydrogen-bond acceptors (Lipinski definition) is 6. The maximum Gasteiger partial charge on any atom is 0.416 e. The second-order valence-corrected chi connectivity index (χ2v) is 6.81. The minimum atomic E-state index is -4.57. The fourth-order valence-corrected chi connectivity index (χ4v) is 3.32. The average Bonchev–Trinajstić information content (AvgIpc) is 2.94. The van der Waals surface area contributed by atoms with Gasteiger partial charge in [0.2, 0.25) is 5.91 Å². The number of nitrogens with zero attached hydrogens (tertiary/aromatic N) is 4. The molecule has 9 nitrogen and oxygen atoms in total. The summed E-state index contributed by atoms with van der Waals surface area (Å²) in [6.45, 7) is 4.31. The molecule has 1 aliphatic rings. The Labute approximate surface area is 169 Å². The Morgan fingerprint density at radius 3 is 2.53 bits per heavy atom. The molecule has 12 heteroatoms. The summed E-state index contributed by atoms with van der Waals surface area (Å²) in [5.74, 6) is -0.649. The van der Waals surface area contributed by atoms with Crippen LogP contribution in [0.3, 0.4) is 0 Å². The first-order valence-electron chi connectivity index (χ1n) is 9.10. The Bertz CT molecular complexity index is 967. The number of aromatic nitrogens is 2. The summed E-state index contributed by atoms with van der Waals surface area (Å²) < 4.78 is 46.0. The molecule has 1 aliphatic heterocycles. The molecule has 2 aromatic rings. The number of carbonyl (C=O) groups is 1. The molecule has 1 aromatic heterocycles. The van der Waals surface area contributed by atoms with Gasteiger partial charge >= 0.3 is 11.9 Å². The molecule has 1 N–H and O–H groups in total.